The molecular weight excluding hydrogens is 749 g/mol. The maximum absolute atomic E-state index is 12.1. The molecule has 304 valence electrons. The van der Waals surface area contributed by atoms with Crippen molar-refractivity contribution in [1.82, 2.24) is 35.5 Å². The van der Waals surface area contributed by atoms with Crippen LogP contribution in [0.4, 0.5) is 10.6 Å². The minimum atomic E-state index is -1.20. The maximum Gasteiger partial charge on any atom is 0.328 e. The van der Waals surface area contributed by atoms with E-state index in [1.807, 2.05) is 18.0 Å². The van der Waals surface area contributed by atoms with Crippen molar-refractivity contribution >= 4 is 70.8 Å². The van der Waals surface area contributed by atoms with E-state index >= 15 is 0 Å². The van der Waals surface area contributed by atoms with Crippen molar-refractivity contribution in [2.24, 2.45) is 9.98 Å². The maximum atomic E-state index is 12.1. The van der Waals surface area contributed by atoms with Crippen LogP contribution in [0.2, 0.25) is 0 Å². The van der Waals surface area contributed by atoms with Gasteiger partial charge in [-0.1, -0.05) is 12.8 Å². The van der Waals surface area contributed by atoms with E-state index in [1.165, 1.54) is 29.0 Å². The average molecular weight is 805 g/mol. The summed E-state index contributed by atoms with van der Waals surface area (Å²) in [5, 5.41) is 40.3. The Morgan fingerprint density at radius 3 is 2.73 bits per heavy atom. The molecule has 19 heteroatoms. The third-order valence-corrected chi connectivity index (χ3v) is 12.6. The number of aromatic nitrogens is 4. The van der Waals surface area contributed by atoms with Crippen molar-refractivity contribution in [2.75, 3.05) is 36.1 Å². The van der Waals surface area contributed by atoms with Gasteiger partial charge in [-0.3, -0.25) is 19.3 Å². The summed E-state index contributed by atoms with van der Waals surface area (Å²) in [5.41, 5.74) is 6.63. The number of nitrogens with two attached hydrogens (primary N) is 1. The summed E-state index contributed by atoms with van der Waals surface area (Å²) >= 11 is 3.35. The SMILES string of the molecule is Nc1ncnc2c1ncn2[C@@H]1O[C@H](CSCC[C@H](N=CCCCCCC=NCCCCCNC(=O)CCCC[C@H]2SCC3NC(=O)NC32)C(=O)O)[C@@H](O)[C@H]1O. The Morgan fingerprint density at radius 1 is 1.07 bits per heavy atom. The fourth-order valence-corrected chi connectivity index (χ4v) is 9.54. The number of rotatable bonds is 25. The number of aliphatic imine (C=N–C) groups is 2. The molecule has 0 bridgehead atoms. The first-order valence-corrected chi connectivity index (χ1v) is 21.6. The second-order valence-electron chi connectivity index (χ2n) is 14.2. The van der Waals surface area contributed by atoms with Crippen molar-refractivity contribution in [3.05, 3.63) is 12.7 Å². The predicted molar refractivity (Wildman–Crippen MR) is 215 cm³/mol. The second kappa shape index (κ2) is 22.3. The van der Waals surface area contributed by atoms with E-state index in [2.05, 4.69) is 40.9 Å². The number of hydrogen-bond acceptors (Lipinski definition) is 14. The number of unbranched alkanes of at least 4 members (excludes halogenated alkanes) is 7. The lowest BCUT2D eigenvalue weighted by Crippen LogP contribution is -2.36. The summed E-state index contributed by atoms with van der Waals surface area (Å²) in [4.78, 5) is 56.5. The molecule has 8 atom stereocenters. The van der Waals surface area contributed by atoms with Crippen LogP contribution in [-0.2, 0) is 14.3 Å². The van der Waals surface area contributed by atoms with Gasteiger partial charge in [-0.05, 0) is 82.4 Å². The number of fused-ring (bicyclic) bond motifs is 2. The number of carbonyl (C=O) groups is 3. The summed E-state index contributed by atoms with van der Waals surface area (Å²) in [6.45, 7) is 1.49. The summed E-state index contributed by atoms with van der Waals surface area (Å²) in [7, 11) is 0. The van der Waals surface area contributed by atoms with Crippen molar-refractivity contribution in [2.45, 2.75) is 131 Å². The molecule has 0 spiro atoms. The molecule has 8 N–H and O–H groups in total. The number of hydrogen-bond donors (Lipinski definition) is 7. The van der Waals surface area contributed by atoms with Gasteiger partial charge in [0, 0.05) is 36.3 Å². The van der Waals surface area contributed by atoms with E-state index in [0.717, 1.165) is 76.5 Å². The van der Waals surface area contributed by atoms with Gasteiger partial charge in [0.05, 0.1) is 24.5 Å². The van der Waals surface area contributed by atoms with Gasteiger partial charge in [0.25, 0.3) is 0 Å². The number of ether oxygens (including phenoxy) is 1. The quantitative estimate of drug-likeness (QED) is 0.0434. The van der Waals surface area contributed by atoms with E-state index in [1.54, 1.807) is 6.21 Å². The highest BCUT2D eigenvalue weighted by Crippen LogP contribution is 2.34. The predicted octanol–water partition coefficient (Wildman–Crippen LogP) is 2.71. The minimum absolute atomic E-state index is 0.0578. The Morgan fingerprint density at radius 2 is 1.89 bits per heavy atom. The second-order valence-corrected chi connectivity index (χ2v) is 16.6. The first-order valence-electron chi connectivity index (χ1n) is 19.4. The molecule has 55 heavy (non-hydrogen) atoms. The molecule has 5 heterocycles. The molecule has 5 rings (SSSR count). The number of aliphatic hydroxyl groups excluding tert-OH is 2. The topological polar surface area (TPSA) is 252 Å². The number of nitrogens with zero attached hydrogens (tertiary/aromatic N) is 6. The summed E-state index contributed by atoms with van der Waals surface area (Å²) in [5.74, 6) is 1.17. The van der Waals surface area contributed by atoms with Crippen LogP contribution in [0.15, 0.2) is 22.6 Å². The van der Waals surface area contributed by atoms with Crippen LogP contribution in [0.25, 0.3) is 11.2 Å². The zero-order valence-electron chi connectivity index (χ0n) is 31.2. The van der Waals surface area contributed by atoms with Crippen LogP contribution in [0.5, 0.6) is 0 Å². The molecule has 2 aromatic rings. The van der Waals surface area contributed by atoms with E-state index in [-0.39, 0.29) is 29.8 Å². The lowest BCUT2D eigenvalue weighted by atomic mass is 10.0. The number of anilines is 1. The Bertz CT molecular complexity index is 1600. The number of amides is 3. The van der Waals surface area contributed by atoms with Crippen LogP contribution >= 0.6 is 23.5 Å². The number of aliphatic hydroxyl groups is 2. The van der Waals surface area contributed by atoms with Gasteiger partial charge >= 0.3 is 12.0 Å². The molecule has 2 unspecified atom stereocenters. The molecule has 0 radical (unpaired) electrons. The van der Waals surface area contributed by atoms with Gasteiger partial charge in [0.1, 0.15) is 30.1 Å². The van der Waals surface area contributed by atoms with Crippen LogP contribution in [-0.4, -0.2) is 137 Å². The third kappa shape index (κ3) is 12.7. The number of thioether (sulfide) groups is 2. The summed E-state index contributed by atoms with van der Waals surface area (Å²) in [6.07, 6.45) is 13.8. The Kier molecular flexibility index (Phi) is 17.3. The number of aliphatic carboxylic acids is 1. The van der Waals surface area contributed by atoms with E-state index < -0.39 is 36.6 Å². The Balaban J connectivity index is 0.819. The fraction of sp³-hybridized carbons (Fsp3) is 0.722. The monoisotopic (exact) mass is 804 g/mol. The van der Waals surface area contributed by atoms with Gasteiger partial charge in [-0.15, -0.1) is 0 Å². The minimum Gasteiger partial charge on any atom is -0.480 e. The smallest absolute Gasteiger partial charge is 0.328 e. The standard InChI is InChI=1S/C36H56N10O7S2/c37-32-29-33(42-21-41-32)46(22-43-29)34-31(49)30(48)25(53-34)20-54-18-13-23(35(50)51)39-16-9-3-1-2-7-14-38-15-8-4-10-17-40-27(47)12-6-5-11-26-28-24(19-55-26)44-36(52)45-28/h14,16,21-26,28,30-31,34,48-49H,1-13,15,17-20H2,(H,40,47)(H,50,51)(H2,37,41,42)(H2,44,45,52)/t23-,24?,25+,26+,28?,30+,31+,34+/m0/s1. The molecule has 0 aromatic carbocycles. The lowest BCUT2D eigenvalue weighted by Gasteiger charge is -2.16. The number of urea groups is 1. The number of carboxylic acids is 1. The Labute approximate surface area is 329 Å². The van der Waals surface area contributed by atoms with Gasteiger partial charge in [-0.25, -0.2) is 24.5 Å². The lowest BCUT2D eigenvalue weighted by molar-refractivity contribution is -0.138. The number of carbonyl (C=O) groups excluding carboxylic acids is 2. The van der Waals surface area contributed by atoms with Gasteiger partial charge in [0.15, 0.2) is 17.7 Å². The number of imidazole rings is 1. The van der Waals surface area contributed by atoms with Crippen LogP contribution < -0.4 is 21.7 Å². The highest BCUT2D eigenvalue weighted by molar-refractivity contribution is 8.00. The first-order chi connectivity index (χ1) is 26.7. The molecule has 17 nitrogen and oxygen atoms in total. The largest absolute Gasteiger partial charge is 0.480 e. The van der Waals surface area contributed by atoms with Crippen molar-refractivity contribution < 1.29 is 34.4 Å². The highest BCUT2D eigenvalue weighted by Gasteiger charge is 2.44. The van der Waals surface area contributed by atoms with Gasteiger partial charge in [-0.2, -0.15) is 23.5 Å². The molecular formula is C36H56N10O7S2. The molecule has 3 amide bonds. The molecule has 0 saturated carbocycles. The van der Waals surface area contributed by atoms with Crippen molar-refractivity contribution in [3.63, 3.8) is 0 Å². The van der Waals surface area contributed by atoms with E-state index in [0.29, 0.717) is 53.7 Å². The van der Waals surface area contributed by atoms with Gasteiger partial charge < -0.3 is 41.7 Å². The molecule has 3 aliphatic rings. The Hall–Kier alpha value is -3.52. The van der Waals surface area contributed by atoms with Crippen molar-refractivity contribution in [1.29, 1.82) is 0 Å². The number of nitrogens with one attached hydrogen (secondary N) is 3. The third-order valence-electron chi connectivity index (χ3n) is 10.0. The molecule has 2 aromatic heterocycles. The van der Waals surface area contributed by atoms with Crippen molar-refractivity contribution in [3.8, 4) is 0 Å². The molecule has 3 saturated heterocycles. The molecule has 0 aliphatic carbocycles. The average Bonchev–Trinajstić information content (AvgIpc) is 3.93. The zero-order chi connectivity index (χ0) is 39.0. The van der Waals surface area contributed by atoms with E-state index in [4.69, 9.17) is 10.5 Å². The van der Waals surface area contributed by atoms with E-state index in [9.17, 15) is 29.7 Å². The number of carboxylic acid groups (broad SMARTS) is 1. The van der Waals surface area contributed by atoms with Crippen LogP contribution in [0.3, 0.4) is 0 Å². The molecule has 3 fully saturated rings. The normalized spacial score (nSPS) is 25.5. The fourth-order valence-electron chi connectivity index (χ4n) is 6.94. The summed E-state index contributed by atoms with van der Waals surface area (Å²) in [6, 6.07) is -0.423. The van der Waals surface area contributed by atoms with Crippen LogP contribution in [0.1, 0.15) is 89.7 Å². The molecule has 3 aliphatic heterocycles. The number of nitrogen functional groups attached to an aromatic ring is 1. The van der Waals surface area contributed by atoms with Crippen LogP contribution in [0, 0.1) is 0 Å². The van der Waals surface area contributed by atoms with Gasteiger partial charge in [0.2, 0.25) is 5.91 Å². The highest BCUT2D eigenvalue weighted by atomic mass is 32.2. The summed E-state index contributed by atoms with van der Waals surface area (Å²) < 4.78 is 7.48. The zero-order valence-corrected chi connectivity index (χ0v) is 32.8. The first kappa shape index (κ1) is 42.6.